The van der Waals surface area contributed by atoms with Crippen molar-refractivity contribution in [1.29, 1.82) is 0 Å². The molecule has 1 N–H and O–H groups in total. The Hall–Kier alpha value is -1.20. The number of halogens is 2. The molecule has 1 unspecified atom stereocenters. The molecule has 0 radical (unpaired) electrons. The second-order valence-corrected chi connectivity index (χ2v) is 4.22. The van der Waals surface area contributed by atoms with Crippen molar-refractivity contribution in [2.75, 3.05) is 6.54 Å². The Kier molecular flexibility index (Phi) is 4.84. The van der Waals surface area contributed by atoms with Crippen LogP contribution in [0.5, 0.6) is 0 Å². The van der Waals surface area contributed by atoms with E-state index in [-0.39, 0.29) is 16.8 Å². The van der Waals surface area contributed by atoms with E-state index in [1.165, 1.54) is 0 Å². The monoisotopic (exact) mass is 260 g/mol. The summed E-state index contributed by atoms with van der Waals surface area (Å²) in [5.74, 6) is -0.629. The van der Waals surface area contributed by atoms with E-state index in [2.05, 4.69) is 5.32 Å². The molecule has 0 aromatic heterocycles. The fourth-order valence-electron chi connectivity index (χ4n) is 1.66. The lowest BCUT2D eigenvalue weighted by Crippen LogP contribution is -2.27. The molecule has 0 bridgehead atoms. The second-order valence-electron chi connectivity index (χ2n) is 3.81. The average molecular weight is 261 g/mol. The van der Waals surface area contributed by atoms with E-state index >= 15 is 0 Å². The van der Waals surface area contributed by atoms with Crippen molar-refractivity contribution in [3.05, 3.63) is 38.7 Å². The zero-order valence-electron chi connectivity index (χ0n) is 9.67. The SMILES string of the molecule is CCNC(C)Cc1cc(F)c(Cl)cc1[N+](=O)[O-]. The van der Waals surface area contributed by atoms with Crippen molar-refractivity contribution in [3.8, 4) is 0 Å². The molecule has 6 heteroatoms. The van der Waals surface area contributed by atoms with E-state index in [4.69, 9.17) is 11.6 Å². The highest BCUT2D eigenvalue weighted by molar-refractivity contribution is 6.31. The molecule has 4 nitrogen and oxygen atoms in total. The van der Waals surface area contributed by atoms with Crippen molar-refractivity contribution in [2.24, 2.45) is 0 Å². The number of rotatable bonds is 5. The number of nitrogens with zero attached hydrogens (tertiary/aromatic N) is 1. The van der Waals surface area contributed by atoms with E-state index in [0.29, 0.717) is 12.0 Å². The average Bonchev–Trinajstić information content (AvgIpc) is 2.23. The number of nitrogens with one attached hydrogen (secondary N) is 1. The molecule has 0 heterocycles. The van der Waals surface area contributed by atoms with Gasteiger partial charge in [-0.15, -0.1) is 0 Å². The zero-order valence-corrected chi connectivity index (χ0v) is 10.4. The number of nitro groups is 1. The lowest BCUT2D eigenvalue weighted by molar-refractivity contribution is -0.385. The molecule has 0 saturated heterocycles. The quantitative estimate of drug-likeness (QED) is 0.654. The number of benzene rings is 1. The molecule has 1 aromatic rings. The molecule has 1 aromatic carbocycles. The van der Waals surface area contributed by atoms with Gasteiger partial charge in [-0.2, -0.15) is 0 Å². The summed E-state index contributed by atoms with van der Waals surface area (Å²) in [6.07, 6.45) is 0.387. The summed E-state index contributed by atoms with van der Waals surface area (Å²) in [6.45, 7) is 4.58. The van der Waals surface area contributed by atoms with Crippen molar-refractivity contribution in [1.82, 2.24) is 5.32 Å². The van der Waals surface area contributed by atoms with Crippen LogP contribution in [0.25, 0.3) is 0 Å². The first-order valence-corrected chi connectivity index (χ1v) is 5.69. The number of hydrogen-bond donors (Lipinski definition) is 1. The Labute approximate surface area is 104 Å². The van der Waals surface area contributed by atoms with E-state index in [9.17, 15) is 14.5 Å². The summed E-state index contributed by atoms with van der Waals surface area (Å²) in [7, 11) is 0. The first-order chi connectivity index (χ1) is 7.95. The minimum absolute atomic E-state index is 0.0410. The topological polar surface area (TPSA) is 55.2 Å². The van der Waals surface area contributed by atoms with Crippen LogP contribution in [0.3, 0.4) is 0 Å². The Bertz CT molecular complexity index is 426. The molecule has 0 spiro atoms. The highest BCUT2D eigenvalue weighted by atomic mass is 35.5. The van der Waals surface area contributed by atoms with E-state index in [0.717, 1.165) is 18.7 Å². The van der Waals surface area contributed by atoms with Gasteiger partial charge >= 0.3 is 0 Å². The molecule has 17 heavy (non-hydrogen) atoms. The normalized spacial score (nSPS) is 12.5. The van der Waals surface area contributed by atoms with Gasteiger partial charge in [-0.1, -0.05) is 18.5 Å². The van der Waals surface area contributed by atoms with Crippen LogP contribution in [0.15, 0.2) is 12.1 Å². The molecule has 1 atom stereocenters. The van der Waals surface area contributed by atoms with Gasteiger partial charge in [0.15, 0.2) is 0 Å². The molecule has 94 valence electrons. The van der Waals surface area contributed by atoms with Crippen LogP contribution in [0.1, 0.15) is 19.4 Å². The molecule has 0 aliphatic heterocycles. The highest BCUT2D eigenvalue weighted by Crippen LogP contribution is 2.27. The second kappa shape index (κ2) is 5.93. The highest BCUT2D eigenvalue weighted by Gasteiger charge is 2.19. The summed E-state index contributed by atoms with van der Waals surface area (Å²) in [5, 5.41) is 13.7. The van der Waals surface area contributed by atoms with Crippen LogP contribution in [-0.4, -0.2) is 17.5 Å². The van der Waals surface area contributed by atoms with Crippen LogP contribution in [0.4, 0.5) is 10.1 Å². The molecule has 0 aliphatic carbocycles. The van der Waals surface area contributed by atoms with Crippen molar-refractivity contribution >= 4 is 17.3 Å². The molecular weight excluding hydrogens is 247 g/mol. The molecule has 1 rings (SSSR count). The third kappa shape index (κ3) is 3.64. The third-order valence-corrected chi connectivity index (χ3v) is 2.69. The summed E-state index contributed by atoms with van der Waals surface area (Å²) >= 11 is 5.53. The fourth-order valence-corrected chi connectivity index (χ4v) is 1.82. The minimum atomic E-state index is -0.629. The number of hydrogen-bond acceptors (Lipinski definition) is 3. The number of likely N-dealkylation sites (N-methyl/N-ethyl adjacent to an activating group) is 1. The molecule has 0 saturated carbocycles. The maximum Gasteiger partial charge on any atom is 0.274 e. The fraction of sp³-hybridized carbons (Fsp3) is 0.455. The van der Waals surface area contributed by atoms with E-state index < -0.39 is 10.7 Å². The van der Waals surface area contributed by atoms with Crippen LogP contribution in [0, 0.1) is 15.9 Å². The van der Waals surface area contributed by atoms with Crippen LogP contribution in [-0.2, 0) is 6.42 Å². The Morgan fingerprint density at radius 2 is 2.24 bits per heavy atom. The summed E-state index contributed by atoms with van der Waals surface area (Å²) in [6, 6.07) is 2.23. The van der Waals surface area contributed by atoms with Crippen LogP contribution in [0.2, 0.25) is 5.02 Å². The summed E-state index contributed by atoms with van der Waals surface area (Å²) in [5.41, 5.74) is 0.214. The van der Waals surface area contributed by atoms with Crippen LogP contribution >= 0.6 is 11.6 Å². The largest absolute Gasteiger partial charge is 0.314 e. The van der Waals surface area contributed by atoms with E-state index in [1.54, 1.807) is 0 Å². The van der Waals surface area contributed by atoms with Gasteiger partial charge in [0.2, 0.25) is 0 Å². The Morgan fingerprint density at radius 1 is 1.59 bits per heavy atom. The van der Waals surface area contributed by atoms with E-state index in [1.807, 2.05) is 13.8 Å². The number of nitro benzene ring substituents is 1. The molecule has 0 fully saturated rings. The summed E-state index contributed by atoms with van der Waals surface area (Å²) in [4.78, 5) is 10.3. The lowest BCUT2D eigenvalue weighted by Gasteiger charge is -2.12. The predicted molar refractivity (Wildman–Crippen MR) is 64.9 cm³/mol. The molecular formula is C11H14ClFN2O2. The lowest BCUT2D eigenvalue weighted by atomic mass is 10.0. The maximum absolute atomic E-state index is 13.3. The smallest absolute Gasteiger partial charge is 0.274 e. The zero-order chi connectivity index (χ0) is 13.0. The first kappa shape index (κ1) is 13.9. The van der Waals surface area contributed by atoms with Gasteiger partial charge in [0.25, 0.3) is 5.69 Å². The van der Waals surface area contributed by atoms with Crippen molar-refractivity contribution < 1.29 is 9.31 Å². The van der Waals surface area contributed by atoms with Gasteiger partial charge < -0.3 is 5.32 Å². The molecule has 0 amide bonds. The van der Waals surface area contributed by atoms with Crippen molar-refractivity contribution in [2.45, 2.75) is 26.3 Å². The standard InChI is InChI=1S/C11H14ClFN2O2/c1-3-14-7(2)4-8-5-10(13)9(12)6-11(8)15(16)17/h5-7,14H,3-4H2,1-2H3. The Morgan fingerprint density at radius 3 is 2.76 bits per heavy atom. The van der Waals surface area contributed by atoms with Gasteiger partial charge in [-0.3, -0.25) is 10.1 Å². The predicted octanol–water partition coefficient (Wildman–Crippen LogP) is 2.93. The summed E-state index contributed by atoms with van der Waals surface area (Å²) < 4.78 is 13.3. The molecule has 0 aliphatic rings. The van der Waals surface area contributed by atoms with Gasteiger partial charge in [0, 0.05) is 17.7 Å². The Balaban J connectivity index is 3.04. The van der Waals surface area contributed by atoms with Gasteiger partial charge in [0.1, 0.15) is 5.82 Å². The van der Waals surface area contributed by atoms with Crippen molar-refractivity contribution in [3.63, 3.8) is 0 Å². The first-order valence-electron chi connectivity index (χ1n) is 5.31. The third-order valence-electron chi connectivity index (χ3n) is 2.40. The maximum atomic E-state index is 13.3. The van der Waals surface area contributed by atoms with Gasteiger partial charge in [-0.05, 0) is 26.0 Å². The minimum Gasteiger partial charge on any atom is -0.314 e. The van der Waals surface area contributed by atoms with Crippen LogP contribution < -0.4 is 5.32 Å². The van der Waals surface area contributed by atoms with Gasteiger partial charge in [-0.25, -0.2) is 4.39 Å². The van der Waals surface area contributed by atoms with Gasteiger partial charge in [0.05, 0.1) is 9.95 Å².